The number of halogens is 6. The third-order valence-electron chi connectivity index (χ3n) is 9.65. The molecule has 0 fully saturated rings. The van der Waals surface area contributed by atoms with E-state index in [0.29, 0.717) is 18.6 Å². The summed E-state index contributed by atoms with van der Waals surface area (Å²) < 4.78 is 80.8. The predicted octanol–water partition coefficient (Wildman–Crippen LogP) is 10.3. The molecule has 0 aliphatic carbocycles. The number of aryl methyl sites for hydroxylation is 2. The maximum absolute atomic E-state index is 11.9. The molecule has 2 rings (SSSR count). The minimum atomic E-state index is -4.02. The zero-order valence-electron chi connectivity index (χ0n) is 36.4. The Labute approximate surface area is 371 Å². The zero-order valence-corrected chi connectivity index (χ0v) is 38.2. The van der Waals surface area contributed by atoms with Gasteiger partial charge in [0.25, 0.3) is 0 Å². The van der Waals surface area contributed by atoms with Crippen molar-refractivity contribution in [2.45, 2.75) is 187 Å². The van der Waals surface area contributed by atoms with Crippen LogP contribution < -0.4 is 24.4 Å². The zero-order chi connectivity index (χ0) is 44.2. The van der Waals surface area contributed by atoms with Crippen molar-refractivity contribution in [2.24, 2.45) is 0 Å². The van der Waals surface area contributed by atoms with E-state index in [2.05, 4.69) is 35.0 Å². The minimum absolute atomic E-state index is 0. The van der Waals surface area contributed by atoms with E-state index in [-0.39, 0.29) is 38.1 Å². The topological polar surface area (TPSA) is 111 Å². The molecule has 0 unspecified atom stereocenters. The second kappa shape index (κ2) is 38.8. The third kappa shape index (κ3) is 41.5. The largest absolute Gasteiger partial charge is 3.00 e. The molecular formula is C44H72B2F6NO6Ru. The van der Waals surface area contributed by atoms with Crippen LogP contribution in [0.4, 0.5) is 26.3 Å². The Hall–Kier alpha value is -1.83. The van der Waals surface area contributed by atoms with Crippen LogP contribution in [-0.4, -0.2) is 56.6 Å². The third-order valence-corrected chi connectivity index (χ3v) is 9.65. The van der Waals surface area contributed by atoms with Crippen LogP contribution in [0.5, 0.6) is 11.5 Å². The van der Waals surface area contributed by atoms with Crippen LogP contribution in [0.1, 0.15) is 173 Å². The Bertz CT molecular complexity index is 1120. The minimum Gasteiger partial charge on any atom is -0.860 e. The molecule has 7 nitrogen and oxygen atoms in total. The summed E-state index contributed by atoms with van der Waals surface area (Å²) >= 11 is 0. The van der Waals surface area contributed by atoms with Crippen molar-refractivity contribution in [3.63, 3.8) is 0 Å². The molecule has 60 heavy (non-hydrogen) atoms. The molecule has 0 aliphatic rings. The van der Waals surface area contributed by atoms with Gasteiger partial charge in [0.05, 0.1) is 11.5 Å². The fourth-order valence-electron chi connectivity index (χ4n) is 6.25. The Morgan fingerprint density at radius 1 is 0.483 bits per heavy atom. The standard InChI is InChI=1S/C16H23BF3O3.C16H22BF3O3.C12H27N.Ru/c2*18-16(19,20)13-7-5-3-1-2-4-6-8-14-9-11-15(12-10-14)23-17(21)22;1-4-7-10-13(11-8-5-2)12-9-6-3;/h9-12,21H,1-8,13H2;9-12H,1-8,13H2;4-12H2,1-3H3;/q-1;-2;;+3. The number of unbranched alkanes of at least 4 members (excludes halogenated alkanes) is 15. The second-order valence-electron chi connectivity index (χ2n) is 15.2. The van der Waals surface area contributed by atoms with Crippen molar-refractivity contribution in [2.75, 3.05) is 19.6 Å². The Balaban J connectivity index is 0. The first kappa shape index (κ1) is 60.3. The first-order chi connectivity index (χ1) is 28.1. The molecule has 0 spiro atoms. The van der Waals surface area contributed by atoms with Crippen molar-refractivity contribution < 1.29 is 75.2 Å². The van der Waals surface area contributed by atoms with Crippen LogP contribution in [-0.2, 0) is 32.3 Å². The van der Waals surface area contributed by atoms with E-state index >= 15 is 0 Å². The molecule has 0 saturated carbocycles. The molecule has 0 heterocycles. The summed E-state index contributed by atoms with van der Waals surface area (Å²) in [5, 5.41) is 39.7. The summed E-state index contributed by atoms with van der Waals surface area (Å²) in [6.07, 6.45) is 12.1. The molecule has 0 aromatic heterocycles. The van der Waals surface area contributed by atoms with Crippen LogP contribution in [0, 0.1) is 0 Å². The van der Waals surface area contributed by atoms with Gasteiger partial charge >= 0.3 is 39.2 Å². The molecule has 0 saturated heterocycles. The molecule has 1 radical (unpaired) electrons. The van der Waals surface area contributed by atoms with Gasteiger partial charge in [-0.15, -0.1) is 0 Å². The van der Waals surface area contributed by atoms with E-state index < -0.39 is 39.8 Å². The molecule has 345 valence electrons. The van der Waals surface area contributed by atoms with E-state index in [9.17, 15) is 41.4 Å². The number of hydrogen-bond donors (Lipinski definition) is 1. The van der Waals surface area contributed by atoms with E-state index in [1.807, 2.05) is 24.3 Å². The fourth-order valence-corrected chi connectivity index (χ4v) is 6.25. The molecule has 1 N–H and O–H groups in total. The summed E-state index contributed by atoms with van der Waals surface area (Å²) in [6.45, 7) is 10.8. The SMILES string of the molecule is CCCCN(CCCC)CCCC.[O-]B(O)Oc1ccc(CCCCCCCCCC(F)(F)F)cc1.[O-]B([O-])Oc1ccc(CCCCCCCCCC(F)(F)F)cc1.[Ru+3]. The molecule has 0 atom stereocenters. The Morgan fingerprint density at radius 3 is 1.07 bits per heavy atom. The normalized spacial score (nSPS) is 11.2. The van der Waals surface area contributed by atoms with Crippen molar-refractivity contribution in [3.05, 3.63) is 59.7 Å². The van der Waals surface area contributed by atoms with Crippen LogP contribution in [0.25, 0.3) is 0 Å². The summed E-state index contributed by atoms with van der Waals surface area (Å²) in [5.74, 6) is 0.623. The number of rotatable bonds is 31. The molecular weight excluding hydrogens is 875 g/mol. The first-order valence-electron chi connectivity index (χ1n) is 22.1. The van der Waals surface area contributed by atoms with Gasteiger partial charge in [0, 0.05) is 12.8 Å². The van der Waals surface area contributed by atoms with Crippen LogP contribution in [0.15, 0.2) is 48.5 Å². The fraction of sp³-hybridized carbons (Fsp3) is 0.727. The van der Waals surface area contributed by atoms with Gasteiger partial charge in [-0.25, -0.2) is 0 Å². The van der Waals surface area contributed by atoms with Crippen molar-refractivity contribution >= 4 is 14.6 Å². The van der Waals surface area contributed by atoms with E-state index in [4.69, 9.17) is 5.02 Å². The summed E-state index contributed by atoms with van der Waals surface area (Å²) in [5.41, 5.74) is 2.23. The van der Waals surface area contributed by atoms with Gasteiger partial charge in [-0.2, -0.15) is 26.3 Å². The molecule has 0 amide bonds. The van der Waals surface area contributed by atoms with Crippen LogP contribution in [0.3, 0.4) is 0 Å². The van der Waals surface area contributed by atoms with E-state index in [1.165, 1.54) is 58.2 Å². The van der Waals surface area contributed by atoms with Gasteiger partial charge < -0.3 is 34.3 Å². The van der Waals surface area contributed by atoms with E-state index in [1.54, 1.807) is 24.3 Å². The molecule has 0 aliphatic heterocycles. The smallest absolute Gasteiger partial charge is 0.860 e. The van der Waals surface area contributed by atoms with Gasteiger partial charge in [0.1, 0.15) is 7.32 Å². The summed E-state index contributed by atoms with van der Waals surface area (Å²) in [6, 6.07) is 13.9. The van der Waals surface area contributed by atoms with Crippen LogP contribution in [0.2, 0.25) is 0 Å². The Kier molecular flexibility index (Phi) is 39.0. The van der Waals surface area contributed by atoms with Crippen molar-refractivity contribution in [1.82, 2.24) is 4.90 Å². The second-order valence-corrected chi connectivity index (χ2v) is 15.2. The van der Waals surface area contributed by atoms with Gasteiger partial charge in [-0.3, -0.25) is 0 Å². The quantitative estimate of drug-likeness (QED) is 0.0455. The number of hydrogen-bond acceptors (Lipinski definition) is 7. The number of alkyl halides is 6. The molecule has 2 aromatic rings. The van der Waals surface area contributed by atoms with Crippen LogP contribution >= 0.6 is 0 Å². The molecule has 16 heteroatoms. The van der Waals surface area contributed by atoms with Crippen molar-refractivity contribution in [1.29, 1.82) is 0 Å². The van der Waals surface area contributed by atoms with Crippen molar-refractivity contribution in [3.8, 4) is 11.5 Å². The summed E-state index contributed by atoms with van der Waals surface area (Å²) in [7, 11) is -4.37. The number of nitrogens with zero attached hydrogens (tertiary/aromatic N) is 1. The van der Waals surface area contributed by atoms with Gasteiger partial charge in [-0.1, -0.05) is 129 Å². The van der Waals surface area contributed by atoms with Gasteiger partial charge in [0.15, 0.2) is 0 Å². The predicted molar refractivity (Wildman–Crippen MR) is 222 cm³/mol. The van der Waals surface area contributed by atoms with Gasteiger partial charge in [-0.05, 0) is 113 Å². The van der Waals surface area contributed by atoms with E-state index in [0.717, 1.165) is 88.2 Å². The average molecular weight is 948 g/mol. The maximum Gasteiger partial charge on any atom is 3.00 e. The molecule has 0 bridgehead atoms. The Morgan fingerprint density at radius 2 is 0.783 bits per heavy atom. The summed E-state index contributed by atoms with van der Waals surface area (Å²) in [4.78, 5) is 2.64. The monoisotopic (exact) mass is 948 g/mol. The maximum atomic E-state index is 11.9. The molecule has 2 aromatic carbocycles. The first-order valence-corrected chi connectivity index (χ1v) is 22.1. The number of benzene rings is 2. The average Bonchev–Trinajstić information content (AvgIpc) is 3.17. The van der Waals surface area contributed by atoms with Gasteiger partial charge in [0.2, 0.25) is 0 Å².